The predicted octanol–water partition coefficient (Wildman–Crippen LogP) is 7.36. The second kappa shape index (κ2) is 5.79. The summed E-state index contributed by atoms with van der Waals surface area (Å²) in [5.74, 6) is 9.04. The van der Waals surface area contributed by atoms with Gasteiger partial charge in [0.15, 0.2) is 0 Å². The van der Waals surface area contributed by atoms with Crippen LogP contribution in [0, 0.1) is 57.7 Å². The average molecular weight is 425 g/mol. The van der Waals surface area contributed by atoms with E-state index >= 15 is 0 Å². The van der Waals surface area contributed by atoms with Crippen molar-refractivity contribution in [1.82, 2.24) is 0 Å². The molecule has 4 heteroatoms. The van der Waals surface area contributed by atoms with E-state index in [-0.39, 0.29) is 0 Å². The van der Waals surface area contributed by atoms with Gasteiger partial charge in [-0.25, -0.2) is 0 Å². The summed E-state index contributed by atoms with van der Waals surface area (Å²) >= 11 is -1.92. The number of hydrogen-bond acceptors (Lipinski definition) is 0. The average Bonchev–Trinajstić information content (AvgIpc) is 3.12. The Balaban J connectivity index is 0.000000332. The van der Waals surface area contributed by atoms with Gasteiger partial charge < -0.3 is 0 Å². The van der Waals surface area contributed by atoms with Gasteiger partial charge in [0, 0.05) is 0 Å². The van der Waals surface area contributed by atoms with Gasteiger partial charge in [-0.05, 0) is 89.8 Å². The molecule has 0 saturated heterocycles. The Kier molecular flexibility index (Phi) is 4.57. The van der Waals surface area contributed by atoms with E-state index in [2.05, 4.69) is 34.6 Å². The van der Waals surface area contributed by atoms with E-state index < -0.39 is 14.7 Å². The van der Waals surface area contributed by atoms with Gasteiger partial charge in [-0.1, -0.05) is 34.6 Å². The van der Waals surface area contributed by atoms with E-state index in [0.717, 1.165) is 29.6 Å². The van der Waals surface area contributed by atoms with Crippen molar-refractivity contribution in [3.63, 3.8) is 0 Å². The van der Waals surface area contributed by atoms with Crippen LogP contribution in [0.3, 0.4) is 0 Å². The van der Waals surface area contributed by atoms with Crippen molar-refractivity contribution >= 4 is 27.9 Å². The third-order valence-corrected chi connectivity index (χ3v) is 9.53. The Labute approximate surface area is 166 Å². The molecular weight excluding hydrogens is 394 g/mol. The summed E-state index contributed by atoms with van der Waals surface area (Å²) in [7, 11) is 14.9. The molecule has 5 fully saturated rings. The first-order valence-electron chi connectivity index (χ1n) is 9.60. The van der Waals surface area contributed by atoms with Crippen LogP contribution >= 0.6 is 27.9 Å². The maximum absolute atomic E-state index is 4.97. The van der Waals surface area contributed by atoms with Gasteiger partial charge in [0.1, 0.15) is 0 Å². The van der Waals surface area contributed by atoms with Gasteiger partial charge in [-0.2, -0.15) is 0 Å². The molecule has 2 radical (unpaired) electrons. The van der Waals surface area contributed by atoms with Gasteiger partial charge in [-0.15, -0.1) is 0 Å². The molecule has 24 heavy (non-hydrogen) atoms. The first kappa shape index (κ1) is 18.9. The normalized spacial score (nSPS) is 49.8. The van der Waals surface area contributed by atoms with Crippen LogP contribution < -0.4 is 0 Å². The van der Waals surface area contributed by atoms with Crippen LogP contribution in [0.4, 0.5) is 0 Å². The van der Waals surface area contributed by atoms with Crippen LogP contribution in [0.1, 0.15) is 66.7 Å². The molecule has 5 aliphatic carbocycles. The van der Waals surface area contributed by atoms with Crippen molar-refractivity contribution < 1.29 is 14.7 Å². The molecule has 135 valence electrons. The summed E-state index contributed by atoms with van der Waals surface area (Å²) in [4.78, 5) is 0. The molecule has 0 heterocycles. The zero-order chi connectivity index (χ0) is 17.7. The standard InChI is InChI=1S/C20H30.3ClH.Ti/c1-18(2)12-6-7-13(18)16-11(12)10-15-17(16)14-8-9-20(15,5)19(14,3)4;;;;/h11-14,16H,6-10H2,1-5H3;3*1H;/q;;;;+3/p-3. The van der Waals surface area contributed by atoms with E-state index in [4.69, 9.17) is 27.9 Å². The summed E-state index contributed by atoms with van der Waals surface area (Å²) in [6.45, 7) is 13.0. The first-order valence-corrected chi connectivity index (χ1v) is 16.0. The topological polar surface area (TPSA) is 0 Å². The number of hydrogen-bond donors (Lipinski definition) is 0. The first-order chi connectivity index (χ1) is 11.0. The van der Waals surface area contributed by atoms with Crippen molar-refractivity contribution in [2.45, 2.75) is 66.7 Å². The zero-order valence-electron chi connectivity index (χ0n) is 15.6. The van der Waals surface area contributed by atoms with Gasteiger partial charge in [0.05, 0.1) is 0 Å². The molecule has 5 aliphatic rings. The SMILES string of the molecule is CC1(C)C2CCC1C1[C]3[C](CC12)C1(C)CCC3C1(C)C.[Cl][Ti]([Cl])[Cl]. The van der Waals surface area contributed by atoms with Crippen molar-refractivity contribution in [3.8, 4) is 0 Å². The molecule has 0 N–H and O–H groups in total. The molecule has 5 rings (SSSR count). The minimum atomic E-state index is -1.92. The Bertz CT molecular complexity index is 528. The number of rotatable bonds is 0. The second-order valence-corrected chi connectivity index (χ2v) is 18.0. The molecule has 0 aromatic rings. The van der Waals surface area contributed by atoms with Crippen molar-refractivity contribution in [2.75, 3.05) is 0 Å². The number of halogens is 3. The number of fused-ring (bicyclic) bond motifs is 11. The van der Waals surface area contributed by atoms with Crippen molar-refractivity contribution in [2.24, 2.45) is 45.8 Å². The second-order valence-electron chi connectivity index (χ2n) is 10.3. The summed E-state index contributed by atoms with van der Waals surface area (Å²) < 4.78 is 0. The van der Waals surface area contributed by atoms with Gasteiger partial charge in [-0.3, -0.25) is 0 Å². The summed E-state index contributed by atoms with van der Waals surface area (Å²) in [5, 5.41) is 0. The van der Waals surface area contributed by atoms with Crippen molar-refractivity contribution in [1.29, 1.82) is 0 Å². The summed E-state index contributed by atoms with van der Waals surface area (Å²) in [6.07, 6.45) is 7.51. The molecule has 4 bridgehead atoms. The van der Waals surface area contributed by atoms with Crippen LogP contribution in [0.5, 0.6) is 0 Å². The van der Waals surface area contributed by atoms with E-state index in [1.807, 2.05) is 11.8 Å². The molecule has 0 nitrogen and oxygen atoms in total. The minimum absolute atomic E-state index is 0.550. The van der Waals surface area contributed by atoms with Crippen LogP contribution in [-0.2, 0) is 14.7 Å². The maximum atomic E-state index is 4.97. The fraction of sp³-hybridized carbons (Fsp3) is 0.900. The van der Waals surface area contributed by atoms with Crippen LogP contribution in [0.15, 0.2) is 0 Å². The molecule has 5 saturated carbocycles. The summed E-state index contributed by atoms with van der Waals surface area (Å²) in [6, 6.07) is 0. The molecule has 6 atom stereocenters. The Morgan fingerprint density at radius 3 is 2.12 bits per heavy atom. The van der Waals surface area contributed by atoms with Crippen molar-refractivity contribution in [3.05, 3.63) is 11.8 Å². The monoisotopic (exact) mass is 423 g/mol. The molecule has 0 spiro atoms. The van der Waals surface area contributed by atoms with Crippen LogP contribution in [-0.4, -0.2) is 0 Å². The van der Waals surface area contributed by atoms with Crippen LogP contribution in [0.25, 0.3) is 0 Å². The molecular formula is C20H30Cl3Ti. The Morgan fingerprint density at radius 1 is 0.917 bits per heavy atom. The molecule has 0 aliphatic heterocycles. The molecule has 0 aromatic carbocycles. The zero-order valence-corrected chi connectivity index (χ0v) is 19.4. The summed E-state index contributed by atoms with van der Waals surface area (Å²) in [5.41, 5.74) is 1.75. The third kappa shape index (κ3) is 2.22. The third-order valence-electron chi connectivity index (χ3n) is 9.53. The van der Waals surface area contributed by atoms with Gasteiger partial charge in [0.2, 0.25) is 0 Å². The van der Waals surface area contributed by atoms with E-state index in [0.29, 0.717) is 16.2 Å². The Morgan fingerprint density at radius 2 is 1.50 bits per heavy atom. The molecule has 6 unspecified atom stereocenters. The van der Waals surface area contributed by atoms with E-state index in [1.165, 1.54) is 32.1 Å². The van der Waals surface area contributed by atoms with Gasteiger partial charge >= 0.3 is 42.6 Å². The quantitative estimate of drug-likeness (QED) is 0.356. The predicted molar refractivity (Wildman–Crippen MR) is 100 cm³/mol. The fourth-order valence-electron chi connectivity index (χ4n) is 8.18. The molecule has 0 aromatic heterocycles. The van der Waals surface area contributed by atoms with Gasteiger partial charge in [0.25, 0.3) is 0 Å². The van der Waals surface area contributed by atoms with E-state index in [9.17, 15) is 0 Å². The molecule has 0 amide bonds. The fourth-order valence-corrected chi connectivity index (χ4v) is 8.18. The Hall–Kier alpha value is 1.58. The van der Waals surface area contributed by atoms with E-state index in [1.54, 1.807) is 0 Å². The van der Waals surface area contributed by atoms with Crippen LogP contribution in [0.2, 0.25) is 0 Å².